The molecule has 0 aliphatic heterocycles. The quantitative estimate of drug-likeness (QED) is 0.230. The molecule has 3 aromatic rings. The molecule has 160 valence electrons. The standard InChI is InChI=1S/C22H15Br2Cl3N2O2/c1-12-2-4-15(19(26)6-12)22(30)29-28-10-14-7-16(23)21(17(24)8-14)31-11-13-3-5-18(25)20(27)9-13/h2-10H,11H2,1H3,(H,29,30)/b28-10-. The normalized spacial score (nSPS) is 11.0. The monoisotopic (exact) mass is 602 g/mol. The lowest BCUT2D eigenvalue weighted by Crippen LogP contribution is -2.18. The SMILES string of the molecule is Cc1ccc(C(=O)N/N=C\c2cc(Br)c(OCc3ccc(Cl)c(Cl)c3)c(Br)c2)c(Cl)c1. The highest BCUT2D eigenvalue weighted by Gasteiger charge is 2.11. The fourth-order valence-corrected chi connectivity index (χ4v) is 4.70. The number of aryl methyl sites for hydroxylation is 1. The van der Waals surface area contributed by atoms with Crippen LogP contribution in [0.3, 0.4) is 0 Å². The number of carbonyl (C=O) groups is 1. The van der Waals surface area contributed by atoms with E-state index in [1.807, 2.05) is 31.2 Å². The molecular formula is C22H15Br2Cl3N2O2. The number of halogens is 5. The van der Waals surface area contributed by atoms with Crippen LogP contribution in [-0.4, -0.2) is 12.1 Å². The lowest BCUT2D eigenvalue weighted by Gasteiger charge is -2.12. The molecule has 0 bridgehead atoms. The van der Waals surface area contributed by atoms with E-state index in [0.717, 1.165) is 25.6 Å². The van der Waals surface area contributed by atoms with Gasteiger partial charge in [0, 0.05) is 0 Å². The zero-order valence-corrected chi connectivity index (χ0v) is 21.5. The second-order valence-electron chi connectivity index (χ2n) is 6.53. The summed E-state index contributed by atoms with van der Waals surface area (Å²) in [4.78, 5) is 12.3. The van der Waals surface area contributed by atoms with Crippen molar-refractivity contribution in [3.05, 3.63) is 94.8 Å². The highest BCUT2D eigenvalue weighted by molar-refractivity contribution is 9.11. The molecule has 9 heteroatoms. The Kier molecular flexibility index (Phi) is 8.42. The average Bonchev–Trinajstić information content (AvgIpc) is 2.70. The van der Waals surface area contributed by atoms with Crippen LogP contribution in [-0.2, 0) is 6.61 Å². The van der Waals surface area contributed by atoms with Crippen LogP contribution in [0.25, 0.3) is 0 Å². The third-order valence-electron chi connectivity index (χ3n) is 4.14. The third-order valence-corrected chi connectivity index (χ3v) is 6.37. The highest BCUT2D eigenvalue weighted by atomic mass is 79.9. The minimum Gasteiger partial charge on any atom is -0.487 e. The van der Waals surface area contributed by atoms with Gasteiger partial charge in [-0.05, 0) is 91.9 Å². The molecule has 31 heavy (non-hydrogen) atoms. The molecule has 0 saturated heterocycles. The summed E-state index contributed by atoms with van der Waals surface area (Å²) in [6.07, 6.45) is 1.53. The van der Waals surface area contributed by atoms with Crippen LogP contribution in [0.4, 0.5) is 0 Å². The average molecular weight is 606 g/mol. The number of hydrogen-bond acceptors (Lipinski definition) is 3. The van der Waals surface area contributed by atoms with Gasteiger partial charge in [-0.1, -0.05) is 46.9 Å². The van der Waals surface area contributed by atoms with E-state index in [2.05, 4.69) is 42.4 Å². The van der Waals surface area contributed by atoms with Crippen molar-refractivity contribution in [2.45, 2.75) is 13.5 Å². The van der Waals surface area contributed by atoms with Gasteiger partial charge in [-0.25, -0.2) is 5.43 Å². The summed E-state index contributed by atoms with van der Waals surface area (Å²) < 4.78 is 7.34. The van der Waals surface area contributed by atoms with Crippen LogP contribution in [0.15, 0.2) is 62.6 Å². The maximum Gasteiger partial charge on any atom is 0.272 e. The van der Waals surface area contributed by atoms with Crippen molar-refractivity contribution in [1.82, 2.24) is 5.43 Å². The van der Waals surface area contributed by atoms with Gasteiger partial charge in [-0.15, -0.1) is 0 Å². The van der Waals surface area contributed by atoms with E-state index in [1.165, 1.54) is 6.21 Å². The van der Waals surface area contributed by atoms with Gasteiger partial charge in [0.25, 0.3) is 5.91 Å². The molecule has 3 rings (SSSR count). The molecule has 0 radical (unpaired) electrons. The molecular weight excluding hydrogens is 590 g/mol. The number of hydrogen-bond donors (Lipinski definition) is 1. The summed E-state index contributed by atoms with van der Waals surface area (Å²) >= 11 is 25.1. The Labute approximate surface area is 211 Å². The zero-order valence-electron chi connectivity index (χ0n) is 16.1. The fourth-order valence-electron chi connectivity index (χ4n) is 2.61. The van der Waals surface area contributed by atoms with Gasteiger partial charge in [0.05, 0.1) is 35.8 Å². The Morgan fingerprint density at radius 1 is 1.00 bits per heavy atom. The van der Waals surface area contributed by atoms with Crippen molar-refractivity contribution < 1.29 is 9.53 Å². The second kappa shape index (κ2) is 10.8. The number of carbonyl (C=O) groups excluding carboxylic acids is 1. The maximum atomic E-state index is 12.3. The largest absolute Gasteiger partial charge is 0.487 e. The Hall–Kier alpha value is -1.57. The molecule has 0 aliphatic carbocycles. The summed E-state index contributed by atoms with van der Waals surface area (Å²) in [5.74, 6) is 0.236. The van der Waals surface area contributed by atoms with E-state index >= 15 is 0 Å². The number of benzene rings is 3. The van der Waals surface area contributed by atoms with E-state index in [9.17, 15) is 4.79 Å². The van der Waals surface area contributed by atoms with Gasteiger partial charge >= 0.3 is 0 Å². The first-order valence-electron chi connectivity index (χ1n) is 8.90. The minimum atomic E-state index is -0.388. The molecule has 3 aromatic carbocycles. The van der Waals surface area contributed by atoms with Gasteiger partial charge in [0.2, 0.25) is 0 Å². The molecule has 1 amide bonds. The van der Waals surface area contributed by atoms with Gasteiger partial charge in [-0.2, -0.15) is 5.10 Å². The van der Waals surface area contributed by atoms with Gasteiger partial charge < -0.3 is 4.74 Å². The maximum absolute atomic E-state index is 12.3. The van der Waals surface area contributed by atoms with E-state index in [1.54, 1.807) is 24.3 Å². The predicted molar refractivity (Wildman–Crippen MR) is 134 cm³/mol. The van der Waals surface area contributed by atoms with Crippen LogP contribution in [0.2, 0.25) is 15.1 Å². The molecule has 0 aliphatic rings. The molecule has 0 atom stereocenters. The first-order chi connectivity index (χ1) is 14.7. The Balaban J connectivity index is 1.66. The summed E-state index contributed by atoms with van der Waals surface area (Å²) in [5.41, 5.74) is 5.44. The predicted octanol–water partition coefficient (Wildman–Crippen LogP) is 7.82. The lowest BCUT2D eigenvalue weighted by molar-refractivity contribution is 0.0955. The van der Waals surface area contributed by atoms with Crippen LogP contribution < -0.4 is 10.2 Å². The molecule has 0 unspecified atom stereocenters. The van der Waals surface area contributed by atoms with Crippen LogP contribution in [0.1, 0.15) is 27.0 Å². The van der Waals surface area contributed by atoms with Crippen molar-refractivity contribution >= 4 is 78.8 Å². The second-order valence-corrected chi connectivity index (χ2v) is 9.46. The Bertz CT molecular complexity index is 1150. The first-order valence-corrected chi connectivity index (χ1v) is 11.6. The molecule has 0 fully saturated rings. The van der Waals surface area contributed by atoms with Crippen molar-refractivity contribution in [3.8, 4) is 5.75 Å². The van der Waals surface area contributed by atoms with Crippen molar-refractivity contribution in [1.29, 1.82) is 0 Å². The van der Waals surface area contributed by atoms with Crippen LogP contribution in [0.5, 0.6) is 5.75 Å². The smallest absolute Gasteiger partial charge is 0.272 e. The Morgan fingerprint density at radius 2 is 1.71 bits per heavy atom. The lowest BCUT2D eigenvalue weighted by atomic mass is 10.1. The van der Waals surface area contributed by atoms with Gasteiger partial charge in [-0.3, -0.25) is 4.79 Å². The summed E-state index contributed by atoms with van der Waals surface area (Å²) in [7, 11) is 0. The highest BCUT2D eigenvalue weighted by Crippen LogP contribution is 2.35. The number of nitrogens with one attached hydrogen (secondary N) is 1. The number of rotatable bonds is 6. The van der Waals surface area contributed by atoms with Crippen LogP contribution in [0, 0.1) is 6.92 Å². The fraction of sp³-hybridized carbons (Fsp3) is 0.0909. The van der Waals surface area contributed by atoms with Crippen molar-refractivity contribution in [3.63, 3.8) is 0 Å². The molecule has 0 heterocycles. The zero-order chi connectivity index (χ0) is 22.5. The number of nitrogens with zero attached hydrogens (tertiary/aromatic N) is 1. The molecule has 0 aromatic heterocycles. The summed E-state index contributed by atoms with van der Waals surface area (Å²) in [6, 6.07) is 14.2. The van der Waals surface area contributed by atoms with E-state index in [-0.39, 0.29) is 5.91 Å². The number of amides is 1. The molecule has 4 nitrogen and oxygen atoms in total. The topological polar surface area (TPSA) is 50.7 Å². The first kappa shape index (κ1) is 24.1. The minimum absolute atomic E-state index is 0.314. The molecule has 1 N–H and O–H groups in total. The molecule has 0 saturated carbocycles. The number of hydrazone groups is 1. The van der Waals surface area contributed by atoms with Crippen molar-refractivity contribution in [2.75, 3.05) is 0 Å². The van der Waals surface area contributed by atoms with E-state index in [4.69, 9.17) is 39.5 Å². The number of ether oxygens (including phenoxy) is 1. The van der Waals surface area contributed by atoms with E-state index < -0.39 is 0 Å². The molecule has 0 spiro atoms. The van der Waals surface area contributed by atoms with E-state index in [0.29, 0.717) is 33.0 Å². The Morgan fingerprint density at radius 3 is 2.35 bits per heavy atom. The third kappa shape index (κ3) is 6.46. The summed E-state index contributed by atoms with van der Waals surface area (Å²) in [6.45, 7) is 2.22. The van der Waals surface area contributed by atoms with Crippen LogP contribution >= 0.6 is 66.7 Å². The van der Waals surface area contributed by atoms with Gasteiger partial charge in [0.15, 0.2) is 0 Å². The van der Waals surface area contributed by atoms with Gasteiger partial charge in [0.1, 0.15) is 12.4 Å². The summed E-state index contributed by atoms with van der Waals surface area (Å²) in [5, 5.41) is 5.36. The van der Waals surface area contributed by atoms with Crippen molar-refractivity contribution in [2.24, 2.45) is 5.10 Å².